The summed E-state index contributed by atoms with van der Waals surface area (Å²) in [4.78, 5) is 26.1. The Morgan fingerprint density at radius 3 is 2.15 bits per heavy atom. The summed E-state index contributed by atoms with van der Waals surface area (Å²) in [5.74, 6) is 1.30. The minimum absolute atomic E-state index is 0.0387. The summed E-state index contributed by atoms with van der Waals surface area (Å²) < 4.78 is 33.6. The van der Waals surface area contributed by atoms with Gasteiger partial charge in [0.25, 0.3) is 0 Å². The van der Waals surface area contributed by atoms with Crippen LogP contribution in [0.1, 0.15) is 30.5 Å². The Morgan fingerprint density at radius 2 is 1.56 bits per heavy atom. The minimum Gasteiger partial charge on any atom is -0.493 e. The van der Waals surface area contributed by atoms with Crippen LogP contribution < -0.4 is 24.6 Å². The van der Waals surface area contributed by atoms with E-state index in [0.29, 0.717) is 45.3 Å². The van der Waals surface area contributed by atoms with Crippen LogP contribution in [0, 0.1) is 6.92 Å². The first-order valence-electron chi connectivity index (χ1n) is 12.5. The largest absolute Gasteiger partial charge is 0.493 e. The van der Waals surface area contributed by atoms with E-state index in [1.807, 2.05) is 63.2 Å². The van der Waals surface area contributed by atoms with E-state index in [1.165, 1.54) is 21.3 Å². The van der Waals surface area contributed by atoms with Crippen molar-refractivity contribution in [3.63, 3.8) is 0 Å². The molecule has 0 aliphatic heterocycles. The van der Waals surface area contributed by atoms with Gasteiger partial charge in [0.1, 0.15) is 17.9 Å². The summed E-state index contributed by atoms with van der Waals surface area (Å²) >= 11 is 0. The number of fused-ring (bicyclic) bond motifs is 1. The molecule has 0 saturated carbocycles. The summed E-state index contributed by atoms with van der Waals surface area (Å²) in [6, 6.07) is 16.4. The van der Waals surface area contributed by atoms with Gasteiger partial charge in [0.2, 0.25) is 5.75 Å². The molecule has 0 bridgehead atoms. The monoisotopic (exact) mass is 532 g/mol. The van der Waals surface area contributed by atoms with Gasteiger partial charge in [0.05, 0.1) is 45.0 Å². The summed E-state index contributed by atoms with van der Waals surface area (Å²) in [6.45, 7) is 5.52. The molecule has 8 heteroatoms. The Balaban J connectivity index is 1.68. The highest BCUT2D eigenvalue weighted by atomic mass is 16.5. The van der Waals surface area contributed by atoms with Crippen LogP contribution in [0.5, 0.6) is 23.0 Å². The Morgan fingerprint density at radius 1 is 0.897 bits per heavy atom. The van der Waals surface area contributed by atoms with Gasteiger partial charge >= 0.3 is 11.6 Å². The van der Waals surface area contributed by atoms with Crippen LogP contribution in [-0.2, 0) is 22.6 Å². The lowest BCUT2D eigenvalue weighted by atomic mass is 9.98. The van der Waals surface area contributed by atoms with Crippen LogP contribution in [0.25, 0.3) is 22.1 Å². The maximum Gasteiger partial charge on any atom is 0.344 e. The molecule has 0 atom stereocenters. The van der Waals surface area contributed by atoms with Gasteiger partial charge in [0.15, 0.2) is 11.5 Å². The smallest absolute Gasteiger partial charge is 0.344 e. The van der Waals surface area contributed by atoms with E-state index < -0.39 is 11.6 Å². The molecule has 0 radical (unpaired) electrons. The number of carbonyl (C=O) groups excluding carboxylic acids is 1. The predicted molar refractivity (Wildman–Crippen MR) is 148 cm³/mol. The number of methoxy groups -OCH3 is 3. The van der Waals surface area contributed by atoms with Crippen molar-refractivity contribution < 1.29 is 32.9 Å². The molecule has 3 aromatic carbocycles. The molecule has 1 heterocycles. The molecule has 4 rings (SSSR count). The molecule has 0 amide bonds. The number of ether oxygens (including phenoxy) is 5. The van der Waals surface area contributed by atoms with Crippen molar-refractivity contribution in [3.05, 3.63) is 81.7 Å². The number of hydrogen-bond acceptors (Lipinski definition) is 8. The van der Waals surface area contributed by atoms with Crippen LogP contribution in [0.15, 0.2) is 63.8 Å². The number of hydrogen-bond donors (Lipinski definition) is 0. The van der Waals surface area contributed by atoms with Crippen molar-refractivity contribution in [2.75, 3.05) is 21.3 Å². The van der Waals surface area contributed by atoms with E-state index in [9.17, 15) is 9.59 Å². The highest BCUT2D eigenvalue weighted by molar-refractivity contribution is 5.90. The zero-order valence-corrected chi connectivity index (χ0v) is 23.0. The first-order valence-corrected chi connectivity index (χ1v) is 12.5. The molecular formula is C31H32O8. The maximum atomic E-state index is 13.1. The molecule has 4 aromatic rings. The molecule has 39 heavy (non-hydrogen) atoms. The quantitative estimate of drug-likeness (QED) is 0.185. The van der Waals surface area contributed by atoms with E-state index in [2.05, 4.69) is 0 Å². The fraction of sp³-hybridized carbons (Fsp3) is 0.290. The second-order valence-corrected chi connectivity index (χ2v) is 9.21. The summed E-state index contributed by atoms with van der Waals surface area (Å²) in [5.41, 5.74) is 3.00. The summed E-state index contributed by atoms with van der Waals surface area (Å²) in [7, 11) is 4.53. The normalized spacial score (nSPS) is 10.9. The molecule has 1 aromatic heterocycles. The second kappa shape index (κ2) is 11.9. The fourth-order valence-electron chi connectivity index (χ4n) is 4.50. The highest BCUT2D eigenvalue weighted by Gasteiger charge is 2.21. The molecule has 0 aliphatic carbocycles. The van der Waals surface area contributed by atoms with Crippen molar-refractivity contribution in [2.45, 2.75) is 39.9 Å². The molecule has 0 unspecified atom stereocenters. The highest BCUT2D eigenvalue weighted by Crippen LogP contribution is 2.38. The predicted octanol–water partition coefficient (Wildman–Crippen LogP) is 5.87. The lowest BCUT2D eigenvalue weighted by Crippen LogP contribution is -2.13. The molecule has 204 valence electrons. The number of benzene rings is 3. The SMILES string of the molecule is COc1cc(CC(=O)OCc2c(OC(C)C)ccc3c(C)c(-c4ccccc4)c(=O)oc23)cc(OC)c1OC. The van der Waals surface area contributed by atoms with Crippen LogP contribution in [0.4, 0.5) is 0 Å². The Bertz CT molecular complexity index is 1510. The Hall–Kier alpha value is -4.46. The fourth-order valence-corrected chi connectivity index (χ4v) is 4.50. The average Bonchev–Trinajstić information content (AvgIpc) is 2.92. The molecule has 0 aliphatic rings. The van der Waals surface area contributed by atoms with Gasteiger partial charge in [-0.2, -0.15) is 0 Å². The first kappa shape index (κ1) is 27.6. The van der Waals surface area contributed by atoms with Gasteiger partial charge in [-0.15, -0.1) is 0 Å². The van der Waals surface area contributed by atoms with Crippen LogP contribution >= 0.6 is 0 Å². The van der Waals surface area contributed by atoms with Crippen LogP contribution in [0.2, 0.25) is 0 Å². The molecule has 8 nitrogen and oxygen atoms in total. The maximum absolute atomic E-state index is 13.1. The van der Waals surface area contributed by atoms with Crippen LogP contribution in [-0.4, -0.2) is 33.4 Å². The van der Waals surface area contributed by atoms with E-state index in [1.54, 1.807) is 12.1 Å². The zero-order valence-electron chi connectivity index (χ0n) is 23.0. The molecule has 0 N–H and O–H groups in total. The second-order valence-electron chi connectivity index (χ2n) is 9.21. The number of carbonyl (C=O) groups is 1. The third-order valence-electron chi connectivity index (χ3n) is 6.27. The third-order valence-corrected chi connectivity index (χ3v) is 6.27. The van der Waals surface area contributed by atoms with Crippen molar-refractivity contribution in [1.82, 2.24) is 0 Å². The first-order chi connectivity index (χ1) is 18.8. The standard InChI is InChI=1S/C31H32O8/c1-18(2)38-24-13-12-22-19(3)28(21-10-8-7-9-11-21)31(33)39-29(22)23(24)17-37-27(32)16-20-14-25(34-4)30(36-6)26(15-20)35-5/h7-15,18H,16-17H2,1-6H3. The average molecular weight is 533 g/mol. The van der Waals surface area contributed by atoms with Gasteiger partial charge in [-0.25, -0.2) is 4.79 Å². The van der Waals surface area contributed by atoms with Crippen molar-refractivity contribution in [3.8, 4) is 34.1 Å². The van der Waals surface area contributed by atoms with Crippen molar-refractivity contribution >= 4 is 16.9 Å². The van der Waals surface area contributed by atoms with Crippen molar-refractivity contribution in [1.29, 1.82) is 0 Å². The van der Waals surface area contributed by atoms with Crippen LogP contribution in [0.3, 0.4) is 0 Å². The molecule has 0 fully saturated rings. The Kier molecular flexibility index (Phi) is 8.44. The van der Waals surface area contributed by atoms with Crippen molar-refractivity contribution in [2.24, 2.45) is 0 Å². The van der Waals surface area contributed by atoms with Gasteiger partial charge in [-0.1, -0.05) is 30.3 Å². The number of aryl methyl sites for hydroxylation is 1. The Labute approximate surface area is 227 Å². The third kappa shape index (κ3) is 5.85. The minimum atomic E-state index is -0.489. The molecule has 0 spiro atoms. The zero-order chi connectivity index (χ0) is 28.1. The van der Waals surface area contributed by atoms with Gasteiger partial charge in [0, 0.05) is 5.39 Å². The van der Waals surface area contributed by atoms with E-state index in [0.717, 1.165) is 16.5 Å². The van der Waals surface area contributed by atoms with E-state index in [-0.39, 0.29) is 19.1 Å². The summed E-state index contributed by atoms with van der Waals surface area (Å²) in [5, 5.41) is 0.736. The number of esters is 1. The topological polar surface area (TPSA) is 93.4 Å². The lowest BCUT2D eigenvalue weighted by Gasteiger charge is -2.17. The van der Waals surface area contributed by atoms with Gasteiger partial charge in [-0.05, 0) is 61.7 Å². The molecular weight excluding hydrogens is 500 g/mol. The molecule has 0 saturated heterocycles. The lowest BCUT2D eigenvalue weighted by molar-refractivity contribution is -0.144. The number of rotatable bonds is 10. The van der Waals surface area contributed by atoms with Gasteiger partial charge in [-0.3, -0.25) is 4.79 Å². The van der Waals surface area contributed by atoms with Gasteiger partial charge < -0.3 is 28.1 Å². The van der Waals surface area contributed by atoms with E-state index in [4.69, 9.17) is 28.1 Å². The summed E-state index contributed by atoms with van der Waals surface area (Å²) in [6.07, 6.45) is -0.185. The van der Waals surface area contributed by atoms with E-state index >= 15 is 0 Å².